The molecule has 4 heterocycles. The monoisotopic (exact) mass is 650 g/mol. The summed E-state index contributed by atoms with van der Waals surface area (Å²) in [6.07, 6.45) is 0. The lowest BCUT2D eigenvalue weighted by molar-refractivity contribution is 0.434. The van der Waals surface area contributed by atoms with Gasteiger partial charge in [-0.15, -0.1) is 0 Å². The first-order chi connectivity index (χ1) is 25.3. The number of para-hydroxylation sites is 4. The van der Waals surface area contributed by atoms with Gasteiger partial charge in [0.05, 0.1) is 33.5 Å². The van der Waals surface area contributed by atoms with Crippen molar-refractivity contribution in [2.24, 2.45) is 0 Å². The van der Waals surface area contributed by atoms with Crippen molar-refractivity contribution in [3.63, 3.8) is 0 Å². The molecule has 11 rings (SSSR count). The van der Waals surface area contributed by atoms with Crippen molar-refractivity contribution < 1.29 is 4.74 Å². The van der Waals surface area contributed by atoms with Gasteiger partial charge < -0.3 is 9.30 Å². The Morgan fingerprint density at radius 3 is 1.88 bits per heavy atom. The Morgan fingerprint density at radius 1 is 0.412 bits per heavy atom. The van der Waals surface area contributed by atoms with Crippen LogP contribution in [0.15, 0.2) is 182 Å². The molecule has 51 heavy (non-hydrogen) atoms. The normalized spacial score (nSPS) is 15.3. The first-order valence-corrected chi connectivity index (χ1v) is 17.5. The molecule has 0 fully saturated rings. The topological polar surface area (TPSA) is 27.1 Å². The molecular formula is C48H30N2O. The van der Waals surface area contributed by atoms with E-state index in [1.807, 2.05) is 6.07 Å². The van der Waals surface area contributed by atoms with Gasteiger partial charge in [0, 0.05) is 33.0 Å². The lowest BCUT2D eigenvalue weighted by atomic mass is 9.61. The molecule has 0 N–H and O–H groups in total. The fourth-order valence-corrected chi connectivity index (χ4v) is 8.72. The zero-order valence-corrected chi connectivity index (χ0v) is 27.6. The number of pyridine rings is 1. The average molecular weight is 651 g/mol. The summed E-state index contributed by atoms with van der Waals surface area (Å²) in [6.45, 7) is 0. The lowest BCUT2D eigenvalue weighted by Gasteiger charge is -2.45. The van der Waals surface area contributed by atoms with Crippen LogP contribution in [-0.2, 0) is 5.41 Å². The van der Waals surface area contributed by atoms with Crippen LogP contribution in [0, 0.1) is 0 Å². The second-order valence-corrected chi connectivity index (χ2v) is 13.5. The summed E-state index contributed by atoms with van der Waals surface area (Å²) in [7, 11) is 0. The Bertz CT molecular complexity index is 2780. The maximum atomic E-state index is 6.81. The molecule has 2 aliphatic heterocycles. The molecule has 7 aromatic carbocycles. The Labute approximate surface area is 295 Å². The molecule has 2 aliphatic rings. The minimum absolute atomic E-state index is 0.639. The Balaban J connectivity index is 1.24. The maximum Gasteiger partial charge on any atom is 0.132 e. The summed E-state index contributed by atoms with van der Waals surface area (Å²) in [6, 6.07) is 65.2. The van der Waals surface area contributed by atoms with Crippen molar-refractivity contribution >= 4 is 21.8 Å². The van der Waals surface area contributed by atoms with E-state index >= 15 is 0 Å². The van der Waals surface area contributed by atoms with E-state index in [1.165, 1.54) is 38.6 Å². The fourth-order valence-electron chi connectivity index (χ4n) is 8.72. The van der Waals surface area contributed by atoms with Crippen LogP contribution >= 0.6 is 0 Å². The van der Waals surface area contributed by atoms with Gasteiger partial charge in [-0.25, -0.2) is 4.98 Å². The van der Waals surface area contributed by atoms with Gasteiger partial charge in [0.25, 0.3) is 0 Å². The van der Waals surface area contributed by atoms with Crippen molar-refractivity contribution in [1.82, 2.24) is 9.55 Å². The van der Waals surface area contributed by atoms with E-state index in [2.05, 4.69) is 180 Å². The first-order valence-electron chi connectivity index (χ1n) is 17.5. The molecule has 0 amide bonds. The summed E-state index contributed by atoms with van der Waals surface area (Å²) < 4.78 is 9.28. The third-order valence-electron chi connectivity index (χ3n) is 10.8. The standard InChI is InChI=1S/C48H30N2O/c1-3-14-31(15-4-1)34-29-41(32-16-5-2-6-17-32)49-42(30-34)33-26-27-46-40(28-33)48(38-21-9-12-25-45(38)51-46)37-20-8-11-24-44(37)50-43-23-10-7-18-35(43)36-19-13-22-39(48)47(36)50/h1-30H. The fraction of sp³-hybridized carbons (Fsp3) is 0.0208. The van der Waals surface area contributed by atoms with Gasteiger partial charge in [-0.1, -0.05) is 133 Å². The molecule has 0 saturated carbocycles. The smallest absolute Gasteiger partial charge is 0.132 e. The van der Waals surface area contributed by atoms with Crippen LogP contribution in [0.1, 0.15) is 22.3 Å². The van der Waals surface area contributed by atoms with E-state index in [0.29, 0.717) is 0 Å². The maximum absolute atomic E-state index is 6.81. The van der Waals surface area contributed by atoms with E-state index < -0.39 is 5.41 Å². The van der Waals surface area contributed by atoms with E-state index in [4.69, 9.17) is 9.72 Å². The van der Waals surface area contributed by atoms with E-state index in [-0.39, 0.29) is 0 Å². The van der Waals surface area contributed by atoms with Crippen LogP contribution in [0.3, 0.4) is 0 Å². The third kappa shape index (κ3) is 3.92. The van der Waals surface area contributed by atoms with Crippen molar-refractivity contribution in [1.29, 1.82) is 0 Å². The number of aromatic nitrogens is 2. The Kier molecular flexibility index (Phi) is 5.88. The van der Waals surface area contributed by atoms with E-state index in [9.17, 15) is 0 Å². The van der Waals surface area contributed by atoms with Crippen LogP contribution in [0.2, 0.25) is 0 Å². The zero-order chi connectivity index (χ0) is 33.5. The van der Waals surface area contributed by atoms with Gasteiger partial charge in [-0.3, -0.25) is 0 Å². The minimum Gasteiger partial charge on any atom is -0.457 e. The lowest BCUT2D eigenvalue weighted by Crippen LogP contribution is -2.37. The zero-order valence-electron chi connectivity index (χ0n) is 27.6. The number of ether oxygens (including phenoxy) is 1. The molecular weight excluding hydrogens is 621 g/mol. The summed E-state index contributed by atoms with van der Waals surface area (Å²) in [5.41, 5.74) is 14.0. The highest BCUT2D eigenvalue weighted by Crippen LogP contribution is 2.60. The summed E-state index contributed by atoms with van der Waals surface area (Å²) >= 11 is 0. The number of fused-ring (bicyclic) bond motifs is 11. The molecule has 1 unspecified atom stereocenters. The third-order valence-corrected chi connectivity index (χ3v) is 10.8. The predicted octanol–water partition coefficient (Wildman–Crippen LogP) is 12.0. The van der Waals surface area contributed by atoms with Gasteiger partial charge in [0.15, 0.2) is 0 Å². The molecule has 1 atom stereocenters. The van der Waals surface area contributed by atoms with E-state index in [0.717, 1.165) is 56.3 Å². The molecule has 3 heteroatoms. The molecule has 3 nitrogen and oxygen atoms in total. The molecule has 0 aliphatic carbocycles. The number of nitrogens with zero attached hydrogens (tertiary/aromatic N) is 2. The minimum atomic E-state index is -0.639. The Hall–Kier alpha value is -6.71. The highest BCUT2D eigenvalue weighted by Gasteiger charge is 2.50. The molecule has 1 spiro atoms. The largest absolute Gasteiger partial charge is 0.457 e. The van der Waals surface area contributed by atoms with Crippen molar-refractivity contribution in [3.8, 4) is 50.8 Å². The molecule has 2 aromatic heterocycles. The number of benzene rings is 7. The number of rotatable bonds is 3. The van der Waals surface area contributed by atoms with Crippen molar-refractivity contribution in [3.05, 3.63) is 204 Å². The van der Waals surface area contributed by atoms with E-state index in [1.54, 1.807) is 0 Å². The average Bonchev–Trinajstić information content (AvgIpc) is 3.55. The summed E-state index contributed by atoms with van der Waals surface area (Å²) in [4.78, 5) is 5.33. The highest BCUT2D eigenvalue weighted by molar-refractivity contribution is 6.12. The van der Waals surface area contributed by atoms with Crippen LogP contribution in [-0.4, -0.2) is 9.55 Å². The van der Waals surface area contributed by atoms with Crippen LogP contribution in [0.25, 0.3) is 61.1 Å². The Morgan fingerprint density at radius 2 is 1.04 bits per heavy atom. The van der Waals surface area contributed by atoms with Crippen LogP contribution in [0.4, 0.5) is 0 Å². The van der Waals surface area contributed by atoms with Crippen LogP contribution < -0.4 is 4.74 Å². The van der Waals surface area contributed by atoms with Gasteiger partial charge >= 0.3 is 0 Å². The van der Waals surface area contributed by atoms with Crippen molar-refractivity contribution in [2.45, 2.75) is 5.41 Å². The van der Waals surface area contributed by atoms with Gasteiger partial charge in [0.2, 0.25) is 0 Å². The van der Waals surface area contributed by atoms with Gasteiger partial charge in [0.1, 0.15) is 11.5 Å². The first kappa shape index (κ1) is 28.2. The molecule has 0 radical (unpaired) electrons. The molecule has 9 aromatic rings. The number of hydrogen-bond donors (Lipinski definition) is 0. The van der Waals surface area contributed by atoms with Crippen LogP contribution in [0.5, 0.6) is 11.5 Å². The highest BCUT2D eigenvalue weighted by atomic mass is 16.5. The molecule has 0 saturated heterocycles. The predicted molar refractivity (Wildman–Crippen MR) is 207 cm³/mol. The SMILES string of the molecule is c1ccc(-c2cc(-c3ccccc3)nc(-c3ccc4c(c3)C3(c5ccccc5O4)c4ccccc4-n4c5ccccc5c5cccc3c54)c2)cc1. The second kappa shape index (κ2) is 10.6. The summed E-state index contributed by atoms with van der Waals surface area (Å²) in [5, 5.41) is 2.51. The van der Waals surface area contributed by atoms with Gasteiger partial charge in [-0.05, 0) is 70.8 Å². The second-order valence-electron chi connectivity index (χ2n) is 13.5. The van der Waals surface area contributed by atoms with Gasteiger partial charge in [-0.2, -0.15) is 0 Å². The summed E-state index contributed by atoms with van der Waals surface area (Å²) in [5.74, 6) is 1.74. The molecule has 238 valence electrons. The molecule has 0 bridgehead atoms. The van der Waals surface area contributed by atoms with Crippen molar-refractivity contribution in [2.75, 3.05) is 0 Å². The quantitative estimate of drug-likeness (QED) is 0.190. The number of hydrogen-bond acceptors (Lipinski definition) is 2.